The van der Waals surface area contributed by atoms with Crippen molar-refractivity contribution in [1.82, 2.24) is 29.4 Å². The predicted molar refractivity (Wildman–Crippen MR) is 118 cm³/mol. The van der Waals surface area contributed by atoms with Crippen LogP contribution < -0.4 is 0 Å². The van der Waals surface area contributed by atoms with Gasteiger partial charge < -0.3 is 0 Å². The third kappa shape index (κ3) is 3.56. The smallest absolute Gasteiger partial charge is 0.186 e. The molecule has 0 spiro atoms. The lowest BCUT2D eigenvalue weighted by Gasteiger charge is -2.07. The molecule has 7 nitrogen and oxygen atoms in total. The Balaban J connectivity index is 1.49. The van der Waals surface area contributed by atoms with Gasteiger partial charge in [0.15, 0.2) is 17.3 Å². The highest BCUT2D eigenvalue weighted by Crippen LogP contribution is 2.24. The monoisotopic (exact) mass is 426 g/mol. The number of fused-ring (bicyclic) bond motifs is 1. The van der Waals surface area contributed by atoms with Gasteiger partial charge >= 0.3 is 0 Å². The maximum atomic E-state index is 14.8. The quantitative estimate of drug-likeness (QED) is 0.396. The van der Waals surface area contributed by atoms with E-state index in [1.165, 1.54) is 15.4 Å². The molecule has 4 aromatic heterocycles. The first-order valence-corrected chi connectivity index (χ1v) is 10.1. The Morgan fingerprint density at radius 2 is 1.88 bits per heavy atom. The second-order valence-electron chi connectivity index (χ2n) is 7.55. The number of halogens is 1. The van der Waals surface area contributed by atoms with E-state index in [0.717, 1.165) is 11.3 Å². The van der Waals surface area contributed by atoms with Crippen molar-refractivity contribution in [2.75, 3.05) is 0 Å². The third-order valence-corrected chi connectivity index (χ3v) is 5.25. The van der Waals surface area contributed by atoms with Gasteiger partial charge in [0, 0.05) is 35.9 Å². The van der Waals surface area contributed by atoms with E-state index in [1.807, 2.05) is 55.5 Å². The van der Waals surface area contributed by atoms with Crippen molar-refractivity contribution in [2.45, 2.75) is 13.3 Å². The molecule has 4 heterocycles. The van der Waals surface area contributed by atoms with E-state index in [9.17, 15) is 9.18 Å². The number of hydrogen-bond donors (Lipinski definition) is 0. The average Bonchev–Trinajstić information content (AvgIpc) is 3.38. The topological polar surface area (TPSA) is 78.0 Å². The molecule has 0 aliphatic carbocycles. The number of Topliss-reactive ketones (excluding diaryl/α,β-unsaturated/α-hetero) is 1. The van der Waals surface area contributed by atoms with Crippen LogP contribution in [0.2, 0.25) is 0 Å². The van der Waals surface area contributed by atoms with Gasteiger partial charge in [0.05, 0.1) is 18.1 Å². The van der Waals surface area contributed by atoms with Crippen LogP contribution in [0.1, 0.15) is 21.7 Å². The Hall–Kier alpha value is -4.20. The number of pyridine rings is 2. The molecule has 0 saturated heterocycles. The van der Waals surface area contributed by atoms with E-state index >= 15 is 0 Å². The van der Waals surface area contributed by atoms with Gasteiger partial charge in [-0.25, -0.2) is 13.9 Å². The maximum absolute atomic E-state index is 14.8. The van der Waals surface area contributed by atoms with Crippen LogP contribution in [0.15, 0.2) is 67.0 Å². The highest BCUT2D eigenvalue weighted by atomic mass is 19.1. The third-order valence-electron chi connectivity index (χ3n) is 5.25. The summed E-state index contributed by atoms with van der Waals surface area (Å²) in [5.41, 5.74) is 4.05. The van der Waals surface area contributed by atoms with Crippen LogP contribution in [0, 0.1) is 12.7 Å². The SMILES string of the molecule is Cc1cccc(-c2cnn(C)c2C(=O)Cc2cc3nc(-c4ccccc4)nn3cc2F)n1. The fourth-order valence-corrected chi connectivity index (χ4v) is 3.69. The first-order valence-electron chi connectivity index (χ1n) is 10.1. The second-order valence-corrected chi connectivity index (χ2v) is 7.55. The van der Waals surface area contributed by atoms with E-state index < -0.39 is 5.82 Å². The van der Waals surface area contributed by atoms with Crippen LogP contribution in [0.5, 0.6) is 0 Å². The second kappa shape index (κ2) is 7.81. The number of ketones is 1. The number of aromatic nitrogens is 6. The fourth-order valence-electron chi connectivity index (χ4n) is 3.69. The molecule has 0 N–H and O–H groups in total. The van der Waals surface area contributed by atoms with Crippen LogP contribution in [-0.4, -0.2) is 35.1 Å². The van der Waals surface area contributed by atoms with Gasteiger partial charge in [-0.1, -0.05) is 36.4 Å². The molecule has 0 radical (unpaired) electrons. The Bertz CT molecular complexity index is 1450. The molecule has 5 rings (SSSR count). The number of carbonyl (C=O) groups excluding carboxylic acids is 1. The van der Waals surface area contributed by atoms with Gasteiger partial charge in [0.1, 0.15) is 11.5 Å². The number of rotatable bonds is 5. The summed E-state index contributed by atoms with van der Waals surface area (Å²) in [6.45, 7) is 1.88. The van der Waals surface area contributed by atoms with Crippen LogP contribution in [-0.2, 0) is 13.5 Å². The molecule has 5 aromatic rings. The van der Waals surface area contributed by atoms with Crippen molar-refractivity contribution < 1.29 is 9.18 Å². The summed E-state index contributed by atoms with van der Waals surface area (Å²) < 4.78 is 17.7. The zero-order valence-corrected chi connectivity index (χ0v) is 17.5. The van der Waals surface area contributed by atoms with Gasteiger partial charge in [-0.3, -0.25) is 14.5 Å². The van der Waals surface area contributed by atoms with Gasteiger partial charge in [0.25, 0.3) is 0 Å². The lowest BCUT2D eigenvalue weighted by Crippen LogP contribution is -2.12. The Labute approximate surface area is 183 Å². The summed E-state index contributed by atoms with van der Waals surface area (Å²) in [4.78, 5) is 22.2. The molecule has 158 valence electrons. The Morgan fingerprint density at radius 3 is 2.66 bits per heavy atom. The molecule has 1 aromatic carbocycles. The fraction of sp³-hybridized carbons (Fsp3) is 0.125. The van der Waals surface area contributed by atoms with E-state index in [1.54, 1.807) is 19.3 Å². The summed E-state index contributed by atoms with van der Waals surface area (Å²) in [6, 6.07) is 16.6. The molecule has 0 amide bonds. The average molecular weight is 426 g/mol. The van der Waals surface area contributed by atoms with Crippen molar-refractivity contribution in [2.24, 2.45) is 7.05 Å². The summed E-state index contributed by atoms with van der Waals surface area (Å²) in [6.07, 6.45) is 2.73. The van der Waals surface area contributed by atoms with Crippen molar-refractivity contribution in [1.29, 1.82) is 0 Å². The van der Waals surface area contributed by atoms with E-state index in [0.29, 0.717) is 28.4 Å². The Kier molecular flexibility index (Phi) is 4.82. The van der Waals surface area contributed by atoms with E-state index in [2.05, 4.69) is 20.2 Å². The molecular formula is C24H19FN6O. The molecule has 0 fully saturated rings. The van der Waals surface area contributed by atoms with Crippen LogP contribution >= 0.6 is 0 Å². The lowest BCUT2D eigenvalue weighted by molar-refractivity contribution is 0.0983. The van der Waals surface area contributed by atoms with Crippen LogP contribution in [0.3, 0.4) is 0 Å². The van der Waals surface area contributed by atoms with E-state index in [4.69, 9.17) is 0 Å². The Morgan fingerprint density at radius 1 is 1.06 bits per heavy atom. The first kappa shape index (κ1) is 19.7. The van der Waals surface area contributed by atoms with Gasteiger partial charge in [-0.15, -0.1) is 5.10 Å². The zero-order chi connectivity index (χ0) is 22.2. The minimum atomic E-state index is -0.521. The molecule has 0 atom stereocenters. The van der Waals surface area contributed by atoms with Crippen molar-refractivity contribution >= 4 is 11.4 Å². The van der Waals surface area contributed by atoms with Gasteiger partial charge in [-0.05, 0) is 25.1 Å². The minimum Gasteiger partial charge on any atom is -0.292 e. The standard InChI is InChI=1S/C24H19FN6O/c1-15-7-6-10-20(27-15)18-13-26-30(2)23(18)21(32)11-17-12-22-28-24(16-8-4-3-5-9-16)29-31(22)14-19(17)25/h3-10,12-14H,11H2,1-2H3. The number of hydrogen-bond acceptors (Lipinski definition) is 5. The summed E-state index contributed by atoms with van der Waals surface area (Å²) in [5.74, 6) is -0.282. The molecule has 0 aliphatic rings. The number of nitrogens with zero attached hydrogens (tertiary/aromatic N) is 6. The molecule has 32 heavy (non-hydrogen) atoms. The lowest BCUT2D eigenvalue weighted by atomic mass is 10.0. The van der Waals surface area contributed by atoms with Crippen molar-refractivity contribution in [3.05, 3.63) is 89.8 Å². The normalized spacial score (nSPS) is 11.2. The first-order chi connectivity index (χ1) is 15.5. The van der Waals surface area contributed by atoms with Gasteiger partial charge in [-0.2, -0.15) is 5.10 Å². The van der Waals surface area contributed by atoms with E-state index in [-0.39, 0.29) is 17.8 Å². The number of carbonyl (C=O) groups is 1. The summed E-state index contributed by atoms with van der Waals surface area (Å²) in [5, 5.41) is 8.58. The van der Waals surface area contributed by atoms with Gasteiger partial charge in [0.2, 0.25) is 0 Å². The van der Waals surface area contributed by atoms with Crippen LogP contribution in [0.4, 0.5) is 4.39 Å². The highest BCUT2D eigenvalue weighted by molar-refractivity contribution is 6.01. The summed E-state index contributed by atoms with van der Waals surface area (Å²) in [7, 11) is 1.69. The minimum absolute atomic E-state index is 0.131. The number of benzene rings is 1. The predicted octanol–water partition coefficient (Wildman–Crippen LogP) is 4.06. The van der Waals surface area contributed by atoms with Crippen molar-refractivity contribution in [3.63, 3.8) is 0 Å². The number of aryl methyl sites for hydroxylation is 2. The molecular weight excluding hydrogens is 407 g/mol. The summed E-state index contributed by atoms with van der Waals surface area (Å²) >= 11 is 0. The maximum Gasteiger partial charge on any atom is 0.186 e. The van der Waals surface area contributed by atoms with Crippen molar-refractivity contribution in [3.8, 4) is 22.6 Å². The zero-order valence-electron chi connectivity index (χ0n) is 17.5. The highest BCUT2D eigenvalue weighted by Gasteiger charge is 2.21. The molecule has 0 bridgehead atoms. The molecule has 0 aliphatic heterocycles. The van der Waals surface area contributed by atoms with Crippen LogP contribution in [0.25, 0.3) is 28.3 Å². The molecule has 0 unspecified atom stereocenters. The molecule has 0 saturated carbocycles. The largest absolute Gasteiger partial charge is 0.292 e. The molecule has 8 heteroatoms.